The van der Waals surface area contributed by atoms with Crippen molar-refractivity contribution in [2.45, 2.75) is 115 Å². The summed E-state index contributed by atoms with van der Waals surface area (Å²) in [6.07, 6.45) is 19.5. The van der Waals surface area contributed by atoms with Crippen LogP contribution in [0.3, 0.4) is 0 Å². The van der Waals surface area contributed by atoms with Gasteiger partial charge in [-0.1, -0.05) is 104 Å². The molecule has 0 fully saturated rings. The van der Waals surface area contributed by atoms with E-state index in [4.69, 9.17) is 0 Å². The Labute approximate surface area is 208 Å². The summed E-state index contributed by atoms with van der Waals surface area (Å²) >= 11 is 1.74. The van der Waals surface area contributed by atoms with Gasteiger partial charge in [0.15, 0.2) is 0 Å². The summed E-state index contributed by atoms with van der Waals surface area (Å²) in [6, 6.07) is 12.9. The zero-order chi connectivity index (χ0) is 24.0. The highest BCUT2D eigenvalue weighted by Gasteiger charge is 2.43. The first-order chi connectivity index (χ1) is 15.9. The SMILES string of the molecule is CCCCCCCCCCCCc1ccc(SCC(O)(c2cccnc2)C(C)(C)CC)cc1. The van der Waals surface area contributed by atoms with Crippen molar-refractivity contribution >= 4 is 11.8 Å². The molecule has 0 saturated heterocycles. The fourth-order valence-electron chi connectivity index (χ4n) is 4.33. The number of hydrogen-bond acceptors (Lipinski definition) is 3. The largest absolute Gasteiger partial charge is 0.384 e. The molecule has 1 atom stereocenters. The van der Waals surface area contributed by atoms with E-state index in [0.717, 1.165) is 12.0 Å². The van der Waals surface area contributed by atoms with Crippen LogP contribution >= 0.6 is 11.8 Å². The van der Waals surface area contributed by atoms with E-state index in [0.29, 0.717) is 5.75 Å². The van der Waals surface area contributed by atoms with E-state index in [-0.39, 0.29) is 5.41 Å². The van der Waals surface area contributed by atoms with E-state index < -0.39 is 5.60 Å². The predicted molar refractivity (Wildman–Crippen MR) is 145 cm³/mol. The van der Waals surface area contributed by atoms with Crippen molar-refractivity contribution in [3.63, 3.8) is 0 Å². The smallest absolute Gasteiger partial charge is 0.105 e. The highest BCUT2D eigenvalue weighted by molar-refractivity contribution is 7.99. The standard InChI is InChI=1S/C30H47NOS/c1-5-7-8-9-10-11-12-13-14-15-17-26-19-21-28(22-20-26)33-25-30(32,29(3,4)6-2)27-18-16-23-31-24-27/h16,18-24,32H,5-15,17,25H2,1-4H3. The molecule has 33 heavy (non-hydrogen) atoms. The third kappa shape index (κ3) is 9.09. The molecule has 1 unspecified atom stereocenters. The monoisotopic (exact) mass is 469 g/mol. The number of rotatable bonds is 17. The Bertz CT molecular complexity index is 759. The molecule has 1 aromatic heterocycles. The number of hydrogen-bond donors (Lipinski definition) is 1. The van der Waals surface area contributed by atoms with E-state index >= 15 is 0 Å². The lowest BCUT2D eigenvalue weighted by molar-refractivity contribution is -0.0550. The molecule has 0 bridgehead atoms. The van der Waals surface area contributed by atoms with Gasteiger partial charge in [0.1, 0.15) is 5.60 Å². The van der Waals surface area contributed by atoms with Gasteiger partial charge < -0.3 is 5.11 Å². The minimum Gasteiger partial charge on any atom is -0.384 e. The number of aryl methyl sites for hydroxylation is 1. The van der Waals surface area contributed by atoms with Gasteiger partial charge in [0.25, 0.3) is 0 Å². The van der Waals surface area contributed by atoms with Crippen LogP contribution in [0, 0.1) is 5.41 Å². The Morgan fingerprint density at radius 3 is 1.97 bits per heavy atom. The maximum atomic E-state index is 11.7. The molecule has 1 aromatic carbocycles. The molecule has 0 aliphatic rings. The van der Waals surface area contributed by atoms with Gasteiger partial charge in [0, 0.05) is 28.6 Å². The molecule has 0 aliphatic carbocycles. The summed E-state index contributed by atoms with van der Waals surface area (Å²) in [5.74, 6) is 0.622. The van der Waals surface area contributed by atoms with Crippen LogP contribution in [0.15, 0.2) is 53.7 Å². The first-order valence-corrected chi connectivity index (χ1v) is 14.3. The zero-order valence-corrected chi connectivity index (χ0v) is 22.4. The Kier molecular flexibility index (Phi) is 12.6. The fourth-order valence-corrected chi connectivity index (χ4v) is 5.59. The molecule has 1 heterocycles. The van der Waals surface area contributed by atoms with Gasteiger partial charge in [0.05, 0.1) is 0 Å². The van der Waals surface area contributed by atoms with Crippen molar-refractivity contribution in [2.24, 2.45) is 5.41 Å². The molecule has 184 valence electrons. The van der Waals surface area contributed by atoms with E-state index in [1.165, 1.54) is 81.1 Å². The summed E-state index contributed by atoms with van der Waals surface area (Å²) in [5, 5.41) is 11.7. The Balaban J connectivity index is 1.76. The molecule has 2 aromatic rings. The third-order valence-corrected chi connectivity index (χ3v) is 8.50. The lowest BCUT2D eigenvalue weighted by atomic mass is 9.70. The first kappa shape index (κ1) is 27.9. The van der Waals surface area contributed by atoms with Crippen LogP contribution in [-0.2, 0) is 12.0 Å². The molecule has 0 spiro atoms. The summed E-state index contributed by atoms with van der Waals surface area (Å²) < 4.78 is 0. The van der Waals surface area contributed by atoms with E-state index in [1.54, 1.807) is 18.0 Å². The van der Waals surface area contributed by atoms with Crippen molar-refractivity contribution in [2.75, 3.05) is 5.75 Å². The second-order valence-corrected chi connectivity index (χ2v) is 11.3. The van der Waals surface area contributed by atoms with Gasteiger partial charge in [-0.05, 0) is 48.4 Å². The van der Waals surface area contributed by atoms with E-state index in [9.17, 15) is 5.11 Å². The Morgan fingerprint density at radius 2 is 1.42 bits per heavy atom. The number of pyridine rings is 1. The molecule has 1 N–H and O–H groups in total. The molecule has 0 amide bonds. The van der Waals surface area contributed by atoms with Crippen molar-refractivity contribution in [3.05, 3.63) is 59.9 Å². The highest BCUT2D eigenvalue weighted by Crippen LogP contribution is 2.45. The third-order valence-electron chi connectivity index (χ3n) is 7.33. The summed E-state index contributed by atoms with van der Waals surface area (Å²) in [6.45, 7) is 8.73. The molecular weight excluding hydrogens is 422 g/mol. The van der Waals surface area contributed by atoms with Crippen LogP contribution in [0.5, 0.6) is 0 Å². The topological polar surface area (TPSA) is 33.1 Å². The van der Waals surface area contributed by atoms with Crippen molar-refractivity contribution in [3.8, 4) is 0 Å². The number of aliphatic hydroxyl groups is 1. The zero-order valence-electron chi connectivity index (χ0n) is 21.6. The van der Waals surface area contributed by atoms with Crippen molar-refractivity contribution in [1.82, 2.24) is 4.98 Å². The van der Waals surface area contributed by atoms with E-state index in [2.05, 4.69) is 56.9 Å². The normalized spacial score (nSPS) is 13.7. The van der Waals surface area contributed by atoms with Crippen molar-refractivity contribution < 1.29 is 5.11 Å². The first-order valence-electron chi connectivity index (χ1n) is 13.3. The van der Waals surface area contributed by atoms with Gasteiger partial charge in [0.2, 0.25) is 0 Å². The molecule has 0 aliphatic heterocycles. The van der Waals surface area contributed by atoms with Crippen LogP contribution in [0.2, 0.25) is 0 Å². The summed E-state index contributed by atoms with van der Waals surface area (Å²) in [5.41, 5.74) is 1.17. The van der Waals surface area contributed by atoms with Crippen LogP contribution in [0.4, 0.5) is 0 Å². The Morgan fingerprint density at radius 1 is 0.818 bits per heavy atom. The number of thioether (sulfide) groups is 1. The van der Waals surface area contributed by atoms with Crippen LogP contribution < -0.4 is 0 Å². The molecule has 2 nitrogen and oxygen atoms in total. The Hall–Kier alpha value is -1.32. The van der Waals surface area contributed by atoms with Gasteiger partial charge in [-0.2, -0.15) is 0 Å². The number of nitrogens with zero attached hydrogens (tertiary/aromatic N) is 1. The van der Waals surface area contributed by atoms with Gasteiger partial charge in [-0.15, -0.1) is 11.8 Å². The number of benzene rings is 1. The lowest BCUT2D eigenvalue weighted by Crippen LogP contribution is -2.44. The molecule has 0 radical (unpaired) electrons. The molecule has 0 saturated carbocycles. The van der Waals surface area contributed by atoms with Crippen molar-refractivity contribution in [1.29, 1.82) is 0 Å². The van der Waals surface area contributed by atoms with Crippen LogP contribution in [0.25, 0.3) is 0 Å². The van der Waals surface area contributed by atoms with Gasteiger partial charge in [-0.3, -0.25) is 4.98 Å². The summed E-state index contributed by atoms with van der Waals surface area (Å²) in [4.78, 5) is 5.48. The summed E-state index contributed by atoms with van der Waals surface area (Å²) in [7, 11) is 0. The molecule has 2 rings (SSSR count). The van der Waals surface area contributed by atoms with E-state index in [1.807, 2.05) is 18.3 Å². The average molecular weight is 470 g/mol. The lowest BCUT2D eigenvalue weighted by Gasteiger charge is -2.42. The maximum Gasteiger partial charge on any atom is 0.105 e. The quantitative estimate of drug-likeness (QED) is 0.185. The van der Waals surface area contributed by atoms with Gasteiger partial charge >= 0.3 is 0 Å². The van der Waals surface area contributed by atoms with Crippen LogP contribution in [-0.4, -0.2) is 15.8 Å². The minimum atomic E-state index is -0.921. The molecular formula is C30H47NOS. The maximum absolute atomic E-state index is 11.7. The fraction of sp³-hybridized carbons (Fsp3) is 0.633. The predicted octanol–water partition coefficient (Wildman–Crippen LogP) is 8.96. The second kappa shape index (κ2) is 14.8. The average Bonchev–Trinajstić information content (AvgIpc) is 2.84. The minimum absolute atomic E-state index is 0.238. The number of unbranched alkanes of at least 4 members (excludes halogenated alkanes) is 9. The number of aromatic nitrogens is 1. The highest BCUT2D eigenvalue weighted by atomic mass is 32.2. The second-order valence-electron chi connectivity index (χ2n) is 10.2. The molecule has 3 heteroatoms. The van der Waals surface area contributed by atoms with Crippen LogP contribution in [0.1, 0.15) is 109 Å². The van der Waals surface area contributed by atoms with Gasteiger partial charge in [-0.25, -0.2) is 0 Å².